The van der Waals surface area contributed by atoms with Crippen molar-refractivity contribution in [2.45, 2.75) is 78.1 Å². The van der Waals surface area contributed by atoms with Gasteiger partial charge in [0.2, 0.25) is 0 Å². The Labute approximate surface area is 138 Å². The molecule has 0 bridgehead atoms. The van der Waals surface area contributed by atoms with Crippen molar-refractivity contribution >= 4 is 0 Å². The van der Waals surface area contributed by atoms with Crippen LogP contribution >= 0.6 is 0 Å². The van der Waals surface area contributed by atoms with Crippen LogP contribution < -0.4 is 0 Å². The zero-order chi connectivity index (χ0) is 15.6. The molecule has 122 valence electrons. The summed E-state index contributed by atoms with van der Waals surface area (Å²) in [5.74, 6) is 9.94. The van der Waals surface area contributed by atoms with Crippen molar-refractivity contribution in [3.63, 3.8) is 0 Å². The zero-order valence-electron chi connectivity index (χ0n) is 14.7. The molecular formula is C22H34. The molecule has 0 nitrogen and oxygen atoms in total. The first-order valence-corrected chi connectivity index (χ1v) is 9.66. The third kappa shape index (κ3) is 6.04. The first-order valence-electron chi connectivity index (χ1n) is 9.66. The molecule has 2 rings (SSSR count). The predicted octanol–water partition coefficient (Wildman–Crippen LogP) is 6.54. The van der Waals surface area contributed by atoms with Gasteiger partial charge in [-0.1, -0.05) is 50.7 Å². The van der Waals surface area contributed by atoms with Crippen molar-refractivity contribution in [1.82, 2.24) is 0 Å². The van der Waals surface area contributed by atoms with Crippen molar-refractivity contribution < 1.29 is 0 Å². The van der Waals surface area contributed by atoms with Crippen molar-refractivity contribution in [3.05, 3.63) is 24.3 Å². The van der Waals surface area contributed by atoms with Crippen molar-refractivity contribution in [1.29, 1.82) is 0 Å². The summed E-state index contributed by atoms with van der Waals surface area (Å²) in [6, 6.07) is 0. The molecule has 0 unspecified atom stereocenters. The lowest BCUT2D eigenvalue weighted by atomic mass is 9.81. The first kappa shape index (κ1) is 17.4. The lowest BCUT2D eigenvalue weighted by Gasteiger charge is -2.25. The highest BCUT2D eigenvalue weighted by molar-refractivity contribution is 5.24. The van der Waals surface area contributed by atoms with Gasteiger partial charge >= 0.3 is 0 Å². The fourth-order valence-electron chi connectivity index (χ4n) is 4.04. The molecule has 0 radical (unpaired) electrons. The number of rotatable bonds is 4. The summed E-state index contributed by atoms with van der Waals surface area (Å²) in [4.78, 5) is 0. The van der Waals surface area contributed by atoms with Crippen LogP contribution in [0.4, 0.5) is 0 Å². The Morgan fingerprint density at radius 2 is 1.00 bits per heavy atom. The molecule has 2 aliphatic rings. The van der Waals surface area contributed by atoms with E-state index >= 15 is 0 Å². The molecule has 0 heteroatoms. The molecule has 0 heterocycles. The summed E-state index contributed by atoms with van der Waals surface area (Å²) in [5, 5.41) is 0. The van der Waals surface area contributed by atoms with Gasteiger partial charge in [0.05, 0.1) is 0 Å². The van der Waals surface area contributed by atoms with Crippen LogP contribution in [0.5, 0.6) is 0 Å². The third-order valence-corrected chi connectivity index (χ3v) is 5.92. The van der Waals surface area contributed by atoms with Crippen molar-refractivity contribution in [2.75, 3.05) is 0 Å². The quantitative estimate of drug-likeness (QED) is 0.517. The van der Waals surface area contributed by atoms with Gasteiger partial charge in [0.25, 0.3) is 0 Å². The van der Waals surface area contributed by atoms with Crippen LogP contribution in [-0.4, -0.2) is 0 Å². The average molecular weight is 299 g/mol. The normalized spacial score (nSPS) is 33.0. The van der Waals surface area contributed by atoms with Crippen LogP contribution in [0.1, 0.15) is 78.1 Å². The maximum Gasteiger partial charge on any atom is -0.0153 e. The van der Waals surface area contributed by atoms with E-state index < -0.39 is 0 Å². The van der Waals surface area contributed by atoms with Gasteiger partial charge in [-0.05, 0) is 87.2 Å². The van der Waals surface area contributed by atoms with Crippen molar-refractivity contribution in [2.24, 2.45) is 23.7 Å². The van der Waals surface area contributed by atoms with Crippen LogP contribution in [0, 0.1) is 35.5 Å². The van der Waals surface area contributed by atoms with Gasteiger partial charge in [-0.3, -0.25) is 0 Å². The Balaban J connectivity index is 1.64. The van der Waals surface area contributed by atoms with Gasteiger partial charge in [-0.2, -0.15) is 0 Å². The van der Waals surface area contributed by atoms with E-state index in [1.165, 1.54) is 64.2 Å². The molecule has 0 aromatic heterocycles. The van der Waals surface area contributed by atoms with E-state index in [-0.39, 0.29) is 0 Å². The van der Waals surface area contributed by atoms with E-state index in [9.17, 15) is 0 Å². The summed E-state index contributed by atoms with van der Waals surface area (Å²) in [7, 11) is 0. The summed E-state index contributed by atoms with van der Waals surface area (Å²) >= 11 is 0. The Morgan fingerprint density at radius 1 is 0.636 bits per heavy atom. The van der Waals surface area contributed by atoms with Gasteiger partial charge in [0.15, 0.2) is 0 Å². The Bertz CT molecular complexity index is 363. The lowest BCUT2D eigenvalue weighted by molar-refractivity contribution is 0.303. The molecule has 0 atom stereocenters. The minimum atomic E-state index is 0.783. The highest BCUT2D eigenvalue weighted by Crippen LogP contribution is 2.32. The Hall–Kier alpha value is -0.960. The standard InChI is InChI=1S/C22H34/c1-3-19-11-15-21(16-12-19)9-7-5-6-8-10-22-17-13-20(4-2)14-18-22/h7-10,19-22H,3-4,11-18H2,1-2H3/b9-7+,10-8+/t19-,20-,21-,22-. The topological polar surface area (TPSA) is 0 Å². The summed E-state index contributed by atoms with van der Waals surface area (Å²) in [5.41, 5.74) is 0. The molecule has 0 spiro atoms. The number of allylic oxidation sites excluding steroid dienone is 4. The van der Waals surface area contributed by atoms with Gasteiger partial charge in [-0.15, -0.1) is 0 Å². The van der Waals surface area contributed by atoms with E-state index in [2.05, 4.69) is 50.0 Å². The largest absolute Gasteiger partial charge is 0.0730 e. The monoisotopic (exact) mass is 298 g/mol. The van der Waals surface area contributed by atoms with Crippen LogP contribution in [-0.2, 0) is 0 Å². The van der Waals surface area contributed by atoms with Gasteiger partial charge in [0, 0.05) is 0 Å². The highest BCUT2D eigenvalue weighted by Gasteiger charge is 2.18. The molecule has 2 aliphatic carbocycles. The lowest BCUT2D eigenvalue weighted by Crippen LogP contribution is -2.12. The van der Waals surface area contributed by atoms with Crippen LogP contribution in [0.2, 0.25) is 0 Å². The zero-order valence-corrected chi connectivity index (χ0v) is 14.7. The molecule has 2 saturated carbocycles. The van der Waals surface area contributed by atoms with Gasteiger partial charge in [0.1, 0.15) is 0 Å². The van der Waals surface area contributed by atoms with E-state index in [1.807, 2.05) is 0 Å². The summed E-state index contributed by atoms with van der Waals surface area (Å²) in [6.07, 6.45) is 22.7. The fourth-order valence-corrected chi connectivity index (χ4v) is 4.04. The van der Waals surface area contributed by atoms with Crippen LogP contribution in [0.15, 0.2) is 24.3 Å². The second-order valence-corrected chi connectivity index (χ2v) is 7.39. The molecule has 0 aromatic rings. The van der Waals surface area contributed by atoms with E-state index in [1.54, 1.807) is 0 Å². The molecular weight excluding hydrogens is 264 g/mol. The number of hydrogen-bond acceptors (Lipinski definition) is 0. The van der Waals surface area contributed by atoms with Crippen LogP contribution in [0.3, 0.4) is 0 Å². The van der Waals surface area contributed by atoms with E-state index in [0.29, 0.717) is 0 Å². The number of hydrogen-bond donors (Lipinski definition) is 0. The highest BCUT2D eigenvalue weighted by atomic mass is 14.2. The fraction of sp³-hybridized carbons (Fsp3) is 0.727. The van der Waals surface area contributed by atoms with Crippen LogP contribution in [0.25, 0.3) is 0 Å². The Morgan fingerprint density at radius 3 is 1.32 bits per heavy atom. The van der Waals surface area contributed by atoms with Gasteiger partial charge in [-0.25, -0.2) is 0 Å². The third-order valence-electron chi connectivity index (χ3n) is 5.92. The molecule has 0 saturated heterocycles. The second-order valence-electron chi connectivity index (χ2n) is 7.39. The average Bonchev–Trinajstić information content (AvgIpc) is 2.59. The van der Waals surface area contributed by atoms with E-state index in [4.69, 9.17) is 0 Å². The van der Waals surface area contributed by atoms with E-state index in [0.717, 1.165) is 23.7 Å². The molecule has 0 N–H and O–H groups in total. The smallest absolute Gasteiger partial charge is 0.0153 e. The molecule has 22 heavy (non-hydrogen) atoms. The SMILES string of the molecule is CC[C@H]1CC[C@H](/C=C/C#C/C=C/[C@H]2CC[C@H](CC)CC2)CC1. The summed E-state index contributed by atoms with van der Waals surface area (Å²) < 4.78 is 0. The maximum atomic E-state index is 3.20. The molecule has 0 aliphatic heterocycles. The maximum absolute atomic E-state index is 3.20. The van der Waals surface area contributed by atoms with Crippen molar-refractivity contribution in [3.8, 4) is 11.8 Å². The molecule has 0 aromatic carbocycles. The molecule has 2 fully saturated rings. The summed E-state index contributed by atoms with van der Waals surface area (Å²) in [6.45, 7) is 4.65. The Kier molecular flexibility index (Phi) is 7.86. The molecule has 0 amide bonds. The van der Waals surface area contributed by atoms with Gasteiger partial charge < -0.3 is 0 Å². The minimum absolute atomic E-state index is 0.783. The second kappa shape index (κ2) is 9.94. The first-order chi connectivity index (χ1) is 10.8. The minimum Gasteiger partial charge on any atom is -0.0730 e. The predicted molar refractivity (Wildman–Crippen MR) is 97.5 cm³/mol.